The van der Waals surface area contributed by atoms with Crippen LogP contribution >= 0.6 is 11.6 Å². The van der Waals surface area contributed by atoms with E-state index in [0.29, 0.717) is 28.4 Å². The number of anilines is 2. The molecular weight excluding hydrogens is 314 g/mol. The second-order valence-electron chi connectivity index (χ2n) is 5.20. The summed E-state index contributed by atoms with van der Waals surface area (Å²) in [6.45, 7) is 1.93. The van der Waals surface area contributed by atoms with E-state index in [1.807, 2.05) is 31.2 Å². The summed E-state index contributed by atoms with van der Waals surface area (Å²) in [5.41, 5.74) is 14.9. The topological polar surface area (TPSA) is 99.9 Å². The molecule has 4 N–H and O–H groups in total. The van der Waals surface area contributed by atoms with Crippen LogP contribution in [0.4, 0.5) is 11.8 Å². The molecule has 3 rings (SSSR count). The van der Waals surface area contributed by atoms with Crippen LogP contribution < -0.4 is 16.2 Å². The highest BCUT2D eigenvalue weighted by Gasteiger charge is 2.16. The van der Waals surface area contributed by atoms with Crippen molar-refractivity contribution in [1.29, 1.82) is 0 Å². The van der Waals surface area contributed by atoms with Gasteiger partial charge in [-0.15, -0.1) is 0 Å². The Kier molecular flexibility index (Phi) is 3.92. The van der Waals surface area contributed by atoms with E-state index in [1.54, 1.807) is 7.11 Å². The Bertz CT molecular complexity index is 897. The number of ether oxygens (including phenoxy) is 1. The minimum Gasteiger partial charge on any atom is -0.497 e. The Hall–Kier alpha value is -2.60. The maximum absolute atomic E-state index is 6.35. The molecule has 0 atom stereocenters. The summed E-state index contributed by atoms with van der Waals surface area (Å²) in [5.74, 6) is 1.18. The predicted molar refractivity (Wildman–Crippen MR) is 91.7 cm³/mol. The molecule has 7 heteroatoms. The molecule has 0 saturated heterocycles. The molecular formula is C16H16ClN5O. The lowest BCUT2D eigenvalue weighted by Crippen LogP contribution is -2.05. The molecule has 6 nitrogen and oxygen atoms in total. The Morgan fingerprint density at radius 3 is 2.70 bits per heavy atom. The van der Waals surface area contributed by atoms with Crippen LogP contribution in [0.1, 0.15) is 16.7 Å². The monoisotopic (exact) mass is 329 g/mol. The zero-order valence-corrected chi connectivity index (χ0v) is 13.6. The molecule has 23 heavy (non-hydrogen) atoms. The molecule has 1 aromatic carbocycles. The van der Waals surface area contributed by atoms with E-state index >= 15 is 0 Å². The molecule has 0 aliphatic carbocycles. The fraction of sp³-hybridized carbons (Fsp3) is 0.188. The normalized spacial score (nSPS) is 10.9. The summed E-state index contributed by atoms with van der Waals surface area (Å²) < 4.78 is 5.25. The second kappa shape index (κ2) is 5.89. The Morgan fingerprint density at radius 1 is 1.17 bits per heavy atom. The number of nitrogens with two attached hydrogens (primary N) is 2. The quantitative estimate of drug-likeness (QED) is 0.717. The van der Waals surface area contributed by atoms with Crippen molar-refractivity contribution in [2.75, 3.05) is 18.6 Å². The molecule has 0 fully saturated rings. The number of nitrogens with zero attached hydrogens (tertiary/aromatic N) is 3. The number of halogens is 1. The highest BCUT2D eigenvalue weighted by atomic mass is 35.5. The van der Waals surface area contributed by atoms with Crippen LogP contribution in [-0.4, -0.2) is 22.1 Å². The van der Waals surface area contributed by atoms with E-state index in [-0.39, 0.29) is 5.95 Å². The summed E-state index contributed by atoms with van der Waals surface area (Å²) in [6.07, 6.45) is 0.606. The lowest BCUT2D eigenvalue weighted by molar-refractivity contribution is 0.414. The van der Waals surface area contributed by atoms with Crippen molar-refractivity contribution in [3.05, 3.63) is 46.1 Å². The number of aryl methyl sites for hydroxylation is 1. The van der Waals surface area contributed by atoms with Crippen molar-refractivity contribution < 1.29 is 4.74 Å². The SMILES string of the molecule is COc1cccc(Cc2c(Cl)nc3nc(N)nc(N)c3c2C)c1. The Morgan fingerprint density at radius 2 is 1.96 bits per heavy atom. The summed E-state index contributed by atoms with van der Waals surface area (Å²) >= 11 is 6.35. The molecule has 0 spiro atoms. The molecule has 0 bridgehead atoms. The van der Waals surface area contributed by atoms with Crippen molar-refractivity contribution in [2.45, 2.75) is 13.3 Å². The average molecular weight is 330 g/mol. The standard InChI is InChI=1S/C16H16ClN5O/c1-8-11(7-9-4-3-5-10(6-9)23-2)13(17)20-15-12(8)14(18)21-16(19)22-15/h3-6H,7H2,1-2H3,(H4,18,19,20,21,22). The third-order valence-corrected chi connectivity index (χ3v) is 4.04. The van der Waals surface area contributed by atoms with Gasteiger partial charge in [0.25, 0.3) is 0 Å². The molecule has 118 valence electrons. The maximum atomic E-state index is 6.35. The van der Waals surface area contributed by atoms with E-state index in [2.05, 4.69) is 15.0 Å². The van der Waals surface area contributed by atoms with Crippen LogP contribution in [-0.2, 0) is 6.42 Å². The first-order chi connectivity index (χ1) is 11.0. The van der Waals surface area contributed by atoms with Crippen LogP contribution in [0.15, 0.2) is 24.3 Å². The largest absolute Gasteiger partial charge is 0.497 e. The molecule has 0 amide bonds. The van der Waals surface area contributed by atoms with Crippen molar-refractivity contribution >= 4 is 34.4 Å². The van der Waals surface area contributed by atoms with Crippen LogP contribution in [0.3, 0.4) is 0 Å². The number of hydrogen-bond acceptors (Lipinski definition) is 6. The second-order valence-corrected chi connectivity index (χ2v) is 5.56. The minimum absolute atomic E-state index is 0.0820. The van der Waals surface area contributed by atoms with Gasteiger partial charge >= 0.3 is 0 Å². The maximum Gasteiger partial charge on any atom is 0.224 e. The van der Waals surface area contributed by atoms with Crippen LogP contribution in [0.25, 0.3) is 11.0 Å². The highest BCUT2D eigenvalue weighted by molar-refractivity contribution is 6.30. The van der Waals surface area contributed by atoms with Crippen LogP contribution in [0.2, 0.25) is 5.15 Å². The lowest BCUT2D eigenvalue weighted by Gasteiger charge is -2.13. The van der Waals surface area contributed by atoms with Gasteiger partial charge in [-0.25, -0.2) is 4.98 Å². The number of methoxy groups -OCH3 is 1. The zero-order valence-electron chi connectivity index (χ0n) is 12.8. The van der Waals surface area contributed by atoms with Gasteiger partial charge in [-0.1, -0.05) is 23.7 Å². The molecule has 0 unspecified atom stereocenters. The van der Waals surface area contributed by atoms with Gasteiger partial charge in [-0.3, -0.25) is 0 Å². The molecule has 0 radical (unpaired) electrons. The first-order valence-electron chi connectivity index (χ1n) is 7.00. The van der Waals surface area contributed by atoms with Gasteiger partial charge in [0.2, 0.25) is 5.95 Å². The van der Waals surface area contributed by atoms with Crippen molar-refractivity contribution in [2.24, 2.45) is 0 Å². The number of rotatable bonds is 3. The van der Waals surface area contributed by atoms with E-state index < -0.39 is 0 Å². The smallest absolute Gasteiger partial charge is 0.224 e. The summed E-state index contributed by atoms with van der Waals surface area (Å²) in [4.78, 5) is 12.4. The summed E-state index contributed by atoms with van der Waals surface area (Å²) in [7, 11) is 1.64. The minimum atomic E-state index is 0.0820. The third-order valence-electron chi connectivity index (χ3n) is 3.73. The van der Waals surface area contributed by atoms with Crippen molar-refractivity contribution in [3.8, 4) is 5.75 Å². The van der Waals surface area contributed by atoms with Crippen LogP contribution in [0.5, 0.6) is 5.75 Å². The Balaban J connectivity index is 2.14. The molecule has 2 aromatic heterocycles. The van der Waals surface area contributed by atoms with Gasteiger partial charge in [0.1, 0.15) is 16.7 Å². The molecule has 0 aliphatic heterocycles. The molecule has 3 aromatic rings. The van der Waals surface area contributed by atoms with Gasteiger partial charge in [0, 0.05) is 6.42 Å². The number of aromatic nitrogens is 3. The molecule has 2 heterocycles. The number of fused-ring (bicyclic) bond motifs is 1. The number of pyridine rings is 1. The first kappa shape index (κ1) is 15.3. The van der Waals surface area contributed by atoms with E-state index in [9.17, 15) is 0 Å². The Labute approximate surface area is 138 Å². The van der Waals surface area contributed by atoms with Gasteiger partial charge < -0.3 is 16.2 Å². The fourth-order valence-corrected chi connectivity index (χ4v) is 2.87. The third kappa shape index (κ3) is 2.85. The van der Waals surface area contributed by atoms with Crippen LogP contribution in [0, 0.1) is 6.92 Å². The summed E-state index contributed by atoms with van der Waals surface area (Å²) in [5, 5.41) is 1.07. The van der Waals surface area contributed by atoms with Crippen molar-refractivity contribution in [3.63, 3.8) is 0 Å². The number of hydrogen-bond donors (Lipinski definition) is 2. The summed E-state index contributed by atoms with van der Waals surface area (Å²) in [6, 6.07) is 7.80. The van der Waals surface area contributed by atoms with Gasteiger partial charge in [0.05, 0.1) is 12.5 Å². The fourth-order valence-electron chi connectivity index (χ4n) is 2.58. The van der Waals surface area contributed by atoms with Gasteiger partial charge in [0.15, 0.2) is 5.65 Å². The lowest BCUT2D eigenvalue weighted by atomic mass is 10.00. The van der Waals surface area contributed by atoms with Gasteiger partial charge in [-0.2, -0.15) is 9.97 Å². The van der Waals surface area contributed by atoms with Gasteiger partial charge in [-0.05, 0) is 35.7 Å². The molecule has 0 saturated carbocycles. The predicted octanol–water partition coefficient (Wildman–Crippen LogP) is 2.75. The van der Waals surface area contributed by atoms with E-state index in [4.69, 9.17) is 27.8 Å². The average Bonchev–Trinajstić information content (AvgIpc) is 2.50. The van der Waals surface area contributed by atoms with E-state index in [1.165, 1.54) is 0 Å². The number of nitrogen functional groups attached to an aromatic ring is 2. The molecule has 0 aliphatic rings. The highest BCUT2D eigenvalue weighted by Crippen LogP contribution is 2.30. The number of benzene rings is 1. The van der Waals surface area contributed by atoms with Crippen molar-refractivity contribution in [1.82, 2.24) is 15.0 Å². The van der Waals surface area contributed by atoms with E-state index in [0.717, 1.165) is 22.4 Å². The zero-order chi connectivity index (χ0) is 16.6. The first-order valence-corrected chi connectivity index (χ1v) is 7.38.